The zero-order valence-electron chi connectivity index (χ0n) is 43.2. The van der Waals surface area contributed by atoms with Gasteiger partial charge in [0.15, 0.2) is 6.29 Å². The molecule has 0 saturated carbocycles. The highest BCUT2D eigenvalue weighted by Crippen LogP contribution is 2.34. The molecule has 2 N–H and O–H groups in total. The van der Waals surface area contributed by atoms with Crippen LogP contribution in [0.3, 0.4) is 0 Å². The van der Waals surface area contributed by atoms with E-state index in [1.165, 1.54) is 17.3 Å². The quantitative estimate of drug-likeness (QED) is 0.0793. The zero-order valence-corrected chi connectivity index (χ0v) is 43.2. The van der Waals surface area contributed by atoms with Gasteiger partial charge < -0.3 is 24.0 Å². The molecule has 8 rings (SSSR count). The predicted molar refractivity (Wildman–Crippen MR) is 275 cm³/mol. The minimum Gasteiger partial charge on any atom is -0.385 e. The van der Waals surface area contributed by atoms with Gasteiger partial charge in [0.25, 0.3) is 0 Å². The van der Waals surface area contributed by atoms with Crippen molar-refractivity contribution in [3.8, 4) is 12.1 Å². The molecule has 0 bridgehead atoms. The number of nitrogens with zero attached hydrogens (tertiary/aromatic N) is 10. The van der Waals surface area contributed by atoms with Crippen LogP contribution in [-0.2, 0) is 62.6 Å². The van der Waals surface area contributed by atoms with Crippen molar-refractivity contribution in [3.05, 3.63) is 92.6 Å². The molecule has 74 heavy (non-hydrogen) atoms. The number of aldehydes is 1. The van der Waals surface area contributed by atoms with Gasteiger partial charge in [-0.05, 0) is 123 Å². The summed E-state index contributed by atoms with van der Waals surface area (Å²) in [6.07, 6.45) is 10.8. The van der Waals surface area contributed by atoms with Crippen molar-refractivity contribution in [2.75, 3.05) is 81.2 Å². The van der Waals surface area contributed by atoms with E-state index in [0.29, 0.717) is 105 Å². The lowest BCUT2D eigenvalue weighted by Crippen LogP contribution is -2.40. The first kappa shape index (κ1) is 54.4. The summed E-state index contributed by atoms with van der Waals surface area (Å²) < 4.78 is 15.8. The fourth-order valence-electron chi connectivity index (χ4n) is 9.76. The number of hydrogen-bond acceptors (Lipinski definition) is 14. The molecule has 0 radical (unpaired) electrons. The Kier molecular flexibility index (Phi) is 18.8. The number of hydrogen-bond donors (Lipinski definition) is 2. The van der Waals surface area contributed by atoms with Crippen LogP contribution in [0.15, 0.2) is 36.7 Å². The molecule has 4 aliphatic rings. The van der Waals surface area contributed by atoms with Gasteiger partial charge >= 0.3 is 12.1 Å². The largest absolute Gasteiger partial charge is 0.385 e. The smallest absolute Gasteiger partial charge is 0.328 e. The molecule has 4 aromatic rings. The van der Waals surface area contributed by atoms with E-state index in [4.69, 9.17) is 19.2 Å². The lowest BCUT2D eigenvalue weighted by atomic mass is 10.00. The first-order valence-electron chi connectivity index (χ1n) is 25.3. The van der Waals surface area contributed by atoms with Gasteiger partial charge in [0.1, 0.15) is 41.1 Å². The van der Waals surface area contributed by atoms with Gasteiger partial charge in [-0.25, -0.2) is 29.5 Å². The number of pyridine rings is 4. The number of ether oxygens (including phenoxy) is 3. The first-order chi connectivity index (χ1) is 35.8. The second kappa shape index (κ2) is 25.5. The van der Waals surface area contributed by atoms with E-state index < -0.39 is 6.03 Å². The van der Waals surface area contributed by atoms with E-state index in [1.54, 1.807) is 43.3 Å². The van der Waals surface area contributed by atoms with Crippen LogP contribution in [0.2, 0.25) is 0 Å². The number of likely N-dealkylation sites (tertiary alicyclic amines) is 2. The lowest BCUT2D eigenvalue weighted by Gasteiger charge is -2.31. The van der Waals surface area contributed by atoms with Gasteiger partial charge in [-0.1, -0.05) is 13.8 Å². The van der Waals surface area contributed by atoms with E-state index in [2.05, 4.69) is 43.8 Å². The average Bonchev–Trinajstić information content (AvgIpc) is 3.90. The Bertz CT molecular complexity index is 2810. The van der Waals surface area contributed by atoms with Crippen LogP contribution in [0.25, 0.3) is 0 Å². The molecule has 6 amide bonds. The third-order valence-electron chi connectivity index (χ3n) is 14.0. The van der Waals surface area contributed by atoms with Gasteiger partial charge in [0, 0.05) is 104 Å². The predicted octanol–water partition coefficient (Wildman–Crippen LogP) is 7.08. The maximum absolute atomic E-state index is 13.4. The second-order valence-corrected chi connectivity index (χ2v) is 19.2. The zero-order chi connectivity index (χ0) is 52.9. The molecule has 2 saturated heterocycles. The van der Waals surface area contributed by atoms with Crippen LogP contribution in [0, 0.1) is 34.5 Å². The molecule has 8 heterocycles. The third kappa shape index (κ3) is 12.9. The van der Waals surface area contributed by atoms with Crippen molar-refractivity contribution in [1.82, 2.24) is 29.7 Å². The van der Waals surface area contributed by atoms with Crippen molar-refractivity contribution >= 4 is 53.4 Å². The second-order valence-electron chi connectivity index (χ2n) is 19.2. The number of methoxy groups -OCH3 is 3. The number of aryl methyl sites for hydroxylation is 4. The Balaban J connectivity index is 0.000000217. The Morgan fingerprint density at radius 2 is 1.19 bits per heavy atom. The molecular weight excluding hydrogens is 945 g/mol. The Hall–Kier alpha value is -7.39. The number of rotatable bonds is 17. The minimum absolute atomic E-state index is 0.00853. The lowest BCUT2D eigenvalue weighted by molar-refractivity contribution is -0.131. The fraction of sp³-hybridized carbons (Fsp3) is 0.500. The van der Waals surface area contributed by atoms with Crippen LogP contribution in [0.5, 0.6) is 0 Å². The average molecular weight is 1010 g/mol. The molecule has 3 unspecified atom stereocenters. The summed E-state index contributed by atoms with van der Waals surface area (Å²) in [4.78, 5) is 88.2. The molecule has 390 valence electrons. The molecule has 20 nitrogen and oxygen atoms in total. The van der Waals surface area contributed by atoms with E-state index in [1.807, 2.05) is 31.7 Å². The number of aromatic nitrogens is 4. The number of nitriles is 2. The molecule has 2 fully saturated rings. The van der Waals surface area contributed by atoms with Crippen LogP contribution in [0.4, 0.5) is 32.9 Å². The topological polar surface area (TPSA) is 249 Å². The summed E-state index contributed by atoms with van der Waals surface area (Å²) in [5, 5.41) is 24.5. The highest BCUT2D eigenvalue weighted by Gasteiger charge is 2.33. The summed E-state index contributed by atoms with van der Waals surface area (Å²) in [5.41, 5.74) is 7.01. The van der Waals surface area contributed by atoms with Crippen molar-refractivity contribution in [2.45, 2.75) is 104 Å². The Labute approximate surface area is 432 Å². The molecule has 0 spiro atoms. The monoisotopic (exact) mass is 1010 g/mol. The highest BCUT2D eigenvalue weighted by molar-refractivity contribution is 6.02. The summed E-state index contributed by atoms with van der Waals surface area (Å²) in [5.74, 6) is 2.06. The third-order valence-corrected chi connectivity index (χ3v) is 14.0. The van der Waals surface area contributed by atoms with Crippen LogP contribution in [-0.4, -0.2) is 121 Å². The molecule has 3 atom stereocenters. The van der Waals surface area contributed by atoms with Gasteiger partial charge in [-0.15, -0.1) is 0 Å². The summed E-state index contributed by atoms with van der Waals surface area (Å²) in [7, 11) is 4.89. The maximum atomic E-state index is 13.4. The molecule has 0 aromatic carbocycles. The van der Waals surface area contributed by atoms with E-state index in [9.17, 15) is 34.5 Å². The van der Waals surface area contributed by atoms with Gasteiger partial charge in [-0.3, -0.25) is 34.8 Å². The summed E-state index contributed by atoms with van der Waals surface area (Å²) >= 11 is 0. The fourth-order valence-corrected chi connectivity index (χ4v) is 9.76. The number of urea groups is 2. The number of fused-ring (bicyclic) bond motifs is 2. The number of carbonyl (C=O) groups is 5. The van der Waals surface area contributed by atoms with E-state index in [-0.39, 0.29) is 41.5 Å². The van der Waals surface area contributed by atoms with Crippen molar-refractivity contribution in [2.24, 2.45) is 11.8 Å². The van der Waals surface area contributed by atoms with E-state index in [0.717, 1.165) is 91.4 Å². The Morgan fingerprint density at radius 3 is 1.62 bits per heavy atom. The molecule has 0 aliphatic carbocycles. The minimum atomic E-state index is -0.406. The summed E-state index contributed by atoms with van der Waals surface area (Å²) in [6.45, 7) is 10.1. The normalized spacial score (nSPS) is 17.4. The van der Waals surface area contributed by atoms with Gasteiger partial charge in [-0.2, -0.15) is 10.5 Å². The summed E-state index contributed by atoms with van der Waals surface area (Å²) in [6, 6.07) is 11.0. The molecule has 4 aliphatic heterocycles. The van der Waals surface area contributed by atoms with Gasteiger partial charge in [0.2, 0.25) is 11.8 Å². The molecular formula is C54H66N12O8. The van der Waals surface area contributed by atoms with Crippen LogP contribution >= 0.6 is 0 Å². The van der Waals surface area contributed by atoms with Gasteiger partial charge in [0.05, 0.1) is 22.9 Å². The number of anilines is 4. The molecule has 20 heteroatoms. The van der Waals surface area contributed by atoms with E-state index >= 15 is 0 Å². The molecule has 4 aromatic heterocycles. The van der Waals surface area contributed by atoms with Crippen molar-refractivity contribution < 1.29 is 38.2 Å². The van der Waals surface area contributed by atoms with Crippen LogP contribution < -0.4 is 20.4 Å². The number of amides is 6. The number of carbonyl (C=O) groups excluding carboxylic acids is 5. The highest BCUT2D eigenvalue weighted by atomic mass is 16.5. The maximum Gasteiger partial charge on any atom is 0.328 e. The van der Waals surface area contributed by atoms with Crippen LogP contribution in [0.1, 0.15) is 126 Å². The van der Waals surface area contributed by atoms with Crippen molar-refractivity contribution in [1.29, 1.82) is 10.5 Å². The number of nitrogens with one attached hydrogen (secondary N) is 2. The standard InChI is InChI=1S/C28H36N6O4.C26H30N6O4/c1-18-9-11-33(27(18)35)17-22-13-21-7-5-10-34(26(21)32-25(22)19(2)38-4)28(36)31-24-14-20(8-6-12-37-3)23(15-29)16-30-24;1-17-7-9-31(25(17)34)15-20-11-19-5-3-8-32(24(19)29-22(20)16-33)26(35)30-23-12-18(6-4-10-36-2)21(13-27)14-28-23/h13-14,16,18-19H,5-12,17H2,1-4H3,(H,30,31,36);11-12,14,16-17H,3-10,15H2,1-2H3,(H,28,30,35). The SMILES string of the molecule is COCCCc1cc(NC(=O)N2CCCc3cc(CN4CCC(C)C4=O)c(C(C)OC)nc32)ncc1C#N.COCCCc1cc(NC(=O)N2CCCc3cc(CN4CCC(C)C4=O)c(C=O)nc32)ncc1C#N. The van der Waals surface area contributed by atoms with Crippen molar-refractivity contribution in [3.63, 3.8) is 0 Å². The Morgan fingerprint density at radius 1 is 0.716 bits per heavy atom. The first-order valence-corrected chi connectivity index (χ1v) is 25.3.